The van der Waals surface area contributed by atoms with Crippen molar-refractivity contribution in [1.82, 2.24) is 4.90 Å². The standard InChI is InChI=1S/C28H31N5O7S2/c1-16(34)23-26(36)31-25(28(37)38)20(41-27(23)31)13-30-19-4-2-3-18-17(5-6-21(24(18)19)42(30,39)40)14-32-7-10-33(11-8-32,12-9-32)15-22(29)35/h2-6,16,23,27,34H,7-15H2,1H3,(H-2,29,35,37,38)/p+2. The van der Waals surface area contributed by atoms with E-state index in [4.69, 9.17) is 5.73 Å². The van der Waals surface area contributed by atoms with Crippen LogP contribution in [-0.4, -0.2) is 114 Å². The van der Waals surface area contributed by atoms with E-state index in [9.17, 15) is 33.0 Å². The normalized spacial score (nSPS) is 31.4. The van der Waals surface area contributed by atoms with Gasteiger partial charge in [-0.25, -0.2) is 13.2 Å². The highest BCUT2D eigenvalue weighted by Gasteiger charge is 2.58. The molecule has 2 aromatic rings. The monoisotopic (exact) mass is 615 g/mol. The van der Waals surface area contributed by atoms with Crippen LogP contribution in [0.15, 0.2) is 45.8 Å². The number of carbonyl (C=O) groups excluding carboxylic acids is 2. The number of anilines is 1. The number of nitrogens with zero attached hydrogens (tertiary/aromatic N) is 4. The second-order valence-corrected chi connectivity index (χ2v) is 15.3. The number of benzene rings is 2. The van der Waals surface area contributed by atoms with Crippen molar-refractivity contribution in [3.05, 3.63) is 46.5 Å². The third-order valence-electron chi connectivity index (χ3n) is 9.91. The molecule has 4 saturated heterocycles. The van der Waals surface area contributed by atoms with E-state index in [1.807, 2.05) is 18.2 Å². The Balaban J connectivity index is 1.21. The molecule has 2 aromatic carbocycles. The predicted octanol–water partition coefficient (Wildman–Crippen LogP) is 0.203. The van der Waals surface area contributed by atoms with Gasteiger partial charge in [-0.15, -0.1) is 0 Å². The number of hydrogen-bond acceptors (Lipinski definition) is 7. The minimum Gasteiger partial charge on any atom is -0.477 e. The van der Waals surface area contributed by atoms with Gasteiger partial charge in [0.2, 0.25) is 5.91 Å². The van der Waals surface area contributed by atoms with Gasteiger partial charge in [-0.1, -0.05) is 30.0 Å². The smallest absolute Gasteiger partial charge is 0.353 e. The minimum absolute atomic E-state index is 0.188. The number of sulfonamides is 1. The second kappa shape index (κ2) is 9.16. The first-order chi connectivity index (χ1) is 19.9. The van der Waals surface area contributed by atoms with E-state index in [1.165, 1.54) is 11.2 Å². The Bertz CT molecular complexity index is 1700. The number of piperazine rings is 3. The number of fused-ring (bicyclic) bond motifs is 4. The van der Waals surface area contributed by atoms with Crippen LogP contribution in [0.5, 0.6) is 0 Å². The van der Waals surface area contributed by atoms with Crippen molar-refractivity contribution in [2.45, 2.75) is 29.8 Å². The molecule has 6 aliphatic heterocycles. The van der Waals surface area contributed by atoms with E-state index < -0.39 is 39.3 Å². The summed E-state index contributed by atoms with van der Waals surface area (Å²) >= 11 is 1.13. The SMILES string of the molecule is CC(O)C1C(=O)N2C(C(=O)O)=C(CN3c4cccc5c(C[N+]67CC[N+](CC(N)=O)(CC6)CC7)ccc(c45)S3(=O)=O)SC12. The number of carboxylic acids is 1. The molecule has 222 valence electrons. The Hall–Kier alpha value is -3.17. The molecule has 0 radical (unpaired) electrons. The molecule has 8 rings (SSSR count). The van der Waals surface area contributed by atoms with Gasteiger partial charge in [0.1, 0.15) is 56.9 Å². The van der Waals surface area contributed by atoms with Gasteiger partial charge in [-0.3, -0.25) is 18.8 Å². The number of β-lactam (4-membered cyclic amide) rings is 1. The average molecular weight is 616 g/mol. The highest BCUT2D eigenvalue weighted by atomic mass is 32.2. The Morgan fingerprint density at radius 3 is 2.38 bits per heavy atom. The number of carboxylic acid groups (broad SMARTS) is 1. The fourth-order valence-corrected chi connectivity index (χ4v) is 10.9. The first-order valence-corrected chi connectivity index (χ1v) is 16.4. The molecule has 3 atom stereocenters. The Labute approximate surface area is 247 Å². The predicted molar refractivity (Wildman–Crippen MR) is 154 cm³/mol. The number of amides is 2. The molecule has 0 spiro atoms. The molecule has 2 bridgehead atoms. The van der Waals surface area contributed by atoms with E-state index in [0.29, 0.717) is 17.6 Å². The van der Waals surface area contributed by atoms with Gasteiger partial charge in [0.25, 0.3) is 15.9 Å². The molecule has 3 unspecified atom stereocenters. The number of quaternary nitrogens is 2. The van der Waals surface area contributed by atoms with Gasteiger partial charge in [-0.05, 0) is 24.4 Å². The van der Waals surface area contributed by atoms with Crippen LogP contribution < -0.4 is 10.0 Å². The molecule has 6 heterocycles. The van der Waals surface area contributed by atoms with Gasteiger partial charge in [0.15, 0.2) is 6.54 Å². The average Bonchev–Trinajstić information content (AvgIpc) is 3.36. The van der Waals surface area contributed by atoms with Crippen molar-refractivity contribution < 1.29 is 42.0 Å². The number of aliphatic hydroxyl groups is 1. The van der Waals surface area contributed by atoms with E-state index >= 15 is 0 Å². The summed E-state index contributed by atoms with van der Waals surface area (Å²) in [6.45, 7) is 7.85. The molecule has 0 aliphatic carbocycles. The lowest BCUT2D eigenvalue weighted by molar-refractivity contribution is -1.08. The van der Waals surface area contributed by atoms with Crippen molar-refractivity contribution in [3.8, 4) is 0 Å². The fraction of sp³-hybridized carbons (Fsp3) is 0.464. The van der Waals surface area contributed by atoms with E-state index in [1.54, 1.807) is 12.1 Å². The summed E-state index contributed by atoms with van der Waals surface area (Å²) in [5, 5.41) is 20.9. The first kappa shape index (κ1) is 27.7. The summed E-state index contributed by atoms with van der Waals surface area (Å²) in [4.78, 5) is 38.2. The Morgan fingerprint density at radius 2 is 1.76 bits per heavy atom. The number of primary amides is 1. The maximum atomic E-state index is 13.9. The zero-order chi connectivity index (χ0) is 29.8. The van der Waals surface area contributed by atoms with Crippen molar-refractivity contribution in [2.24, 2.45) is 11.7 Å². The number of aliphatic hydroxyl groups excluding tert-OH is 1. The zero-order valence-corrected chi connectivity index (χ0v) is 24.7. The molecule has 4 fully saturated rings. The molecular formula is C28H33N5O7S2+2. The molecule has 4 N–H and O–H groups in total. The number of rotatable bonds is 8. The summed E-state index contributed by atoms with van der Waals surface area (Å²) in [6, 6.07) is 9.07. The molecular weight excluding hydrogens is 582 g/mol. The number of hydrogen-bond donors (Lipinski definition) is 3. The molecule has 0 aromatic heterocycles. The van der Waals surface area contributed by atoms with E-state index in [2.05, 4.69) is 0 Å². The topological polar surface area (TPSA) is 158 Å². The summed E-state index contributed by atoms with van der Waals surface area (Å²) in [6.07, 6.45) is -0.947. The third kappa shape index (κ3) is 3.85. The van der Waals surface area contributed by atoms with Crippen LogP contribution in [0.3, 0.4) is 0 Å². The molecule has 14 heteroatoms. The van der Waals surface area contributed by atoms with E-state index in [0.717, 1.165) is 82.4 Å². The highest BCUT2D eigenvalue weighted by Crippen LogP contribution is 2.52. The lowest BCUT2D eigenvalue weighted by Crippen LogP contribution is -2.75. The summed E-state index contributed by atoms with van der Waals surface area (Å²) in [5.41, 5.74) is 6.85. The Morgan fingerprint density at radius 1 is 1.10 bits per heavy atom. The van der Waals surface area contributed by atoms with Crippen LogP contribution >= 0.6 is 11.8 Å². The van der Waals surface area contributed by atoms with Gasteiger partial charge in [0.05, 0.1) is 29.1 Å². The van der Waals surface area contributed by atoms with Crippen molar-refractivity contribution in [1.29, 1.82) is 0 Å². The van der Waals surface area contributed by atoms with Crippen LogP contribution in [0.2, 0.25) is 0 Å². The van der Waals surface area contributed by atoms with Gasteiger partial charge in [0, 0.05) is 15.9 Å². The Kier molecular flexibility index (Phi) is 6.03. The first-order valence-electron chi connectivity index (χ1n) is 14.1. The quantitative estimate of drug-likeness (QED) is 0.281. The summed E-state index contributed by atoms with van der Waals surface area (Å²) in [7, 11) is -3.99. The van der Waals surface area contributed by atoms with Crippen molar-refractivity contribution >= 4 is 56.0 Å². The van der Waals surface area contributed by atoms with Gasteiger partial charge in [-0.2, -0.15) is 0 Å². The number of aliphatic carboxylic acids is 1. The largest absolute Gasteiger partial charge is 0.477 e. The van der Waals surface area contributed by atoms with Gasteiger partial charge < -0.3 is 24.9 Å². The zero-order valence-electron chi connectivity index (χ0n) is 23.1. The van der Waals surface area contributed by atoms with Crippen LogP contribution in [0.1, 0.15) is 12.5 Å². The number of thioether (sulfide) groups is 1. The van der Waals surface area contributed by atoms with Crippen LogP contribution in [0.25, 0.3) is 10.8 Å². The lowest BCUT2D eigenvalue weighted by Gasteiger charge is -2.55. The minimum atomic E-state index is -3.99. The molecule has 0 saturated carbocycles. The third-order valence-corrected chi connectivity index (χ3v) is 13.1. The number of carbonyl (C=O) groups is 3. The lowest BCUT2D eigenvalue weighted by atomic mass is 9.92. The molecule has 2 amide bonds. The number of nitrogens with two attached hydrogens (primary N) is 1. The van der Waals surface area contributed by atoms with Crippen molar-refractivity contribution in [3.63, 3.8) is 0 Å². The van der Waals surface area contributed by atoms with Crippen molar-refractivity contribution in [2.75, 3.05) is 56.7 Å². The summed E-state index contributed by atoms with van der Waals surface area (Å²) < 4.78 is 30.6. The van der Waals surface area contributed by atoms with Gasteiger partial charge >= 0.3 is 5.97 Å². The summed E-state index contributed by atoms with van der Waals surface area (Å²) in [5.74, 6) is -2.78. The molecule has 12 nitrogen and oxygen atoms in total. The maximum Gasteiger partial charge on any atom is 0.353 e. The molecule has 6 aliphatic rings. The second-order valence-electron chi connectivity index (χ2n) is 12.3. The van der Waals surface area contributed by atoms with E-state index in [-0.39, 0.29) is 27.9 Å². The fourth-order valence-electron chi connectivity index (χ4n) is 7.60. The van der Waals surface area contributed by atoms with Crippen LogP contribution in [-0.2, 0) is 31.0 Å². The maximum absolute atomic E-state index is 13.9. The molecule has 42 heavy (non-hydrogen) atoms. The van der Waals surface area contributed by atoms with Crippen LogP contribution in [0.4, 0.5) is 5.69 Å². The van der Waals surface area contributed by atoms with Crippen LogP contribution in [0, 0.1) is 5.92 Å². The highest BCUT2D eigenvalue weighted by molar-refractivity contribution is 8.04.